The third-order valence-electron chi connectivity index (χ3n) is 4.70. The van der Waals surface area contributed by atoms with Crippen LogP contribution in [0.5, 0.6) is 0 Å². The van der Waals surface area contributed by atoms with Crippen LogP contribution in [0.15, 0.2) is 10.6 Å². The van der Waals surface area contributed by atoms with Crippen LogP contribution in [0.2, 0.25) is 0 Å². The van der Waals surface area contributed by atoms with Crippen LogP contribution in [0.3, 0.4) is 0 Å². The number of aromatic nitrogens is 1. The Morgan fingerprint density at radius 2 is 2.12 bits per heavy atom. The first-order chi connectivity index (χ1) is 11.4. The lowest BCUT2D eigenvalue weighted by Gasteiger charge is -2.43. The van der Waals surface area contributed by atoms with Crippen LogP contribution in [0.25, 0.3) is 0 Å². The molecule has 2 unspecified atom stereocenters. The lowest BCUT2D eigenvalue weighted by atomic mass is 10.0. The fraction of sp³-hybridized carbons (Fsp3) is 0.733. The van der Waals surface area contributed by atoms with E-state index in [-0.39, 0.29) is 35.9 Å². The molecule has 0 N–H and O–H groups in total. The van der Waals surface area contributed by atoms with Crippen LogP contribution in [-0.4, -0.2) is 86.2 Å². The molecule has 0 radical (unpaired) electrons. The maximum Gasteiger partial charge on any atom is 0.230 e. The molecule has 3 heterocycles. The zero-order chi connectivity index (χ0) is 17.3. The summed E-state index contributed by atoms with van der Waals surface area (Å²) in [5.74, 6) is 0.538. The van der Waals surface area contributed by atoms with Crippen molar-refractivity contribution in [3.8, 4) is 0 Å². The van der Waals surface area contributed by atoms with Crippen LogP contribution in [0, 0.1) is 6.92 Å². The lowest BCUT2D eigenvalue weighted by molar-refractivity contribution is -0.136. The van der Waals surface area contributed by atoms with Gasteiger partial charge in [0.05, 0.1) is 36.3 Å². The molecule has 0 aliphatic carbocycles. The number of ether oxygens (including phenoxy) is 1. The van der Waals surface area contributed by atoms with Gasteiger partial charge in [-0.1, -0.05) is 5.16 Å². The SMILES string of the molecule is COCCN1CCN(C(=O)Cc2cc(C)no2)C2CS(=O)(=O)CC21. The molecule has 2 fully saturated rings. The van der Waals surface area contributed by atoms with Crippen molar-refractivity contribution in [2.75, 3.05) is 44.9 Å². The monoisotopic (exact) mass is 357 g/mol. The van der Waals surface area contributed by atoms with Gasteiger partial charge in [0.1, 0.15) is 5.76 Å². The number of rotatable bonds is 5. The molecule has 0 spiro atoms. The highest BCUT2D eigenvalue weighted by Crippen LogP contribution is 2.27. The summed E-state index contributed by atoms with van der Waals surface area (Å²) < 4.78 is 34.5. The van der Waals surface area contributed by atoms with E-state index in [2.05, 4.69) is 10.1 Å². The van der Waals surface area contributed by atoms with Gasteiger partial charge in [-0.25, -0.2) is 8.42 Å². The van der Waals surface area contributed by atoms with Crippen LogP contribution in [0.1, 0.15) is 11.5 Å². The van der Waals surface area contributed by atoms with Crippen molar-refractivity contribution in [1.82, 2.24) is 15.0 Å². The first-order valence-electron chi connectivity index (χ1n) is 8.05. The van der Waals surface area contributed by atoms with E-state index in [1.54, 1.807) is 25.0 Å². The van der Waals surface area contributed by atoms with E-state index in [4.69, 9.17) is 9.26 Å². The first kappa shape index (κ1) is 17.4. The second kappa shape index (κ2) is 6.81. The van der Waals surface area contributed by atoms with E-state index in [0.717, 1.165) is 5.69 Å². The van der Waals surface area contributed by atoms with E-state index in [1.165, 1.54) is 0 Å². The minimum Gasteiger partial charge on any atom is -0.383 e. The zero-order valence-electron chi connectivity index (χ0n) is 14.0. The average molecular weight is 357 g/mol. The molecule has 0 saturated carbocycles. The van der Waals surface area contributed by atoms with Crippen LogP contribution in [0.4, 0.5) is 0 Å². The Bertz CT molecular complexity index is 702. The van der Waals surface area contributed by atoms with Crippen LogP contribution < -0.4 is 0 Å². The quantitative estimate of drug-likeness (QED) is 0.700. The summed E-state index contributed by atoms with van der Waals surface area (Å²) in [7, 11) is -1.51. The van der Waals surface area contributed by atoms with E-state index in [9.17, 15) is 13.2 Å². The molecule has 1 aromatic heterocycles. The number of amides is 1. The molecule has 0 aromatic carbocycles. The highest BCUT2D eigenvalue weighted by molar-refractivity contribution is 7.91. The van der Waals surface area contributed by atoms with Crippen molar-refractivity contribution in [2.24, 2.45) is 0 Å². The summed E-state index contributed by atoms with van der Waals surface area (Å²) in [6.07, 6.45) is 0.113. The topological polar surface area (TPSA) is 92.9 Å². The van der Waals surface area contributed by atoms with Gasteiger partial charge in [-0.05, 0) is 6.92 Å². The maximum absolute atomic E-state index is 12.7. The summed E-state index contributed by atoms with van der Waals surface area (Å²) in [5.41, 5.74) is 0.725. The highest BCUT2D eigenvalue weighted by atomic mass is 32.2. The fourth-order valence-electron chi connectivity index (χ4n) is 3.57. The predicted octanol–water partition coefficient (Wildman–Crippen LogP) is -0.518. The minimum absolute atomic E-state index is 0.0301. The number of hydrogen-bond donors (Lipinski definition) is 0. The van der Waals surface area contributed by atoms with Crippen LogP contribution >= 0.6 is 0 Å². The number of carbonyl (C=O) groups is 1. The van der Waals surface area contributed by atoms with Crippen molar-refractivity contribution in [3.63, 3.8) is 0 Å². The molecule has 0 bridgehead atoms. The fourth-order valence-corrected chi connectivity index (χ4v) is 5.58. The van der Waals surface area contributed by atoms with Crippen LogP contribution in [-0.2, 0) is 25.8 Å². The Kier molecular flexibility index (Phi) is 4.93. The van der Waals surface area contributed by atoms with E-state index in [1.807, 2.05) is 0 Å². The van der Waals surface area contributed by atoms with Crippen molar-refractivity contribution in [3.05, 3.63) is 17.5 Å². The number of carbonyl (C=O) groups excluding carboxylic acids is 1. The summed E-state index contributed by atoms with van der Waals surface area (Å²) in [6, 6.07) is 1.28. The Morgan fingerprint density at radius 3 is 2.79 bits per heavy atom. The number of fused-ring (bicyclic) bond motifs is 1. The average Bonchev–Trinajstić information content (AvgIpc) is 3.06. The van der Waals surface area contributed by atoms with Gasteiger partial charge in [-0.15, -0.1) is 0 Å². The maximum atomic E-state index is 12.7. The highest BCUT2D eigenvalue weighted by Gasteiger charge is 2.47. The molecule has 134 valence electrons. The summed E-state index contributed by atoms with van der Waals surface area (Å²) in [5, 5.41) is 3.79. The molecule has 8 nitrogen and oxygen atoms in total. The second-order valence-electron chi connectivity index (χ2n) is 6.44. The Morgan fingerprint density at radius 1 is 1.38 bits per heavy atom. The summed E-state index contributed by atoms with van der Waals surface area (Å²) in [6.45, 7) is 4.20. The van der Waals surface area contributed by atoms with Gasteiger partial charge < -0.3 is 14.2 Å². The van der Waals surface area contributed by atoms with Crippen molar-refractivity contribution in [2.45, 2.75) is 25.4 Å². The van der Waals surface area contributed by atoms with Crippen molar-refractivity contribution >= 4 is 15.7 Å². The lowest BCUT2D eigenvalue weighted by Crippen LogP contribution is -2.61. The number of piperazine rings is 1. The largest absolute Gasteiger partial charge is 0.383 e. The normalized spacial score (nSPS) is 26.5. The molecule has 2 aliphatic heterocycles. The molecular formula is C15H23N3O5S. The summed E-state index contributed by atoms with van der Waals surface area (Å²) in [4.78, 5) is 16.5. The molecule has 2 saturated heterocycles. The third-order valence-corrected chi connectivity index (χ3v) is 6.39. The Hall–Kier alpha value is -1.45. The standard InChI is InChI=1S/C15H23N3O5S/c1-11-7-12(23-16-11)8-15(19)18-4-3-17(5-6-22-2)13-9-24(20,21)10-14(13)18/h7,13-14H,3-6,8-10H2,1-2H3. The van der Waals surface area contributed by atoms with Gasteiger partial charge in [0.25, 0.3) is 0 Å². The smallest absolute Gasteiger partial charge is 0.230 e. The van der Waals surface area contributed by atoms with Gasteiger partial charge in [0, 0.05) is 38.9 Å². The van der Waals surface area contributed by atoms with Gasteiger partial charge in [0.15, 0.2) is 9.84 Å². The first-order valence-corrected chi connectivity index (χ1v) is 9.87. The molecule has 2 atom stereocenters. The Balaban J connectivity index is 1.73. The van der Waals surface area contributed by atoms with E-state index in [0.29, 0.717) is 32.0 Å². The Labute approximate surface area is 141 Å². The van der Waals surface area contributed by atoms with E-state index < -0.39 is 9.84 Å². The van der Waals surface area contributed by atoms with Gasteiger partial charge in [0.2, 0.25) is 5.91 Å². The third kappa shape index (κ3) is 3.62. The van der Waals surface area contributed by atoms with Crippen molar-refractivity contribution in [1.29, 1.82) is 0 Å². The number of sulfone groups is 1. The minimum atomic E-state index is -3.13. The van der Waals surface area contributed by atoms with Crippen molar-refractivity contribution < 1.29 is 22.5 Å². The molecule has 9 heteroatoms. The molecule has 2 aliphatic rings. The number of aryl methyl sites for hydroxylation is 1. The molecule has 3 rings (SSSR count). The van der Waals surface area contributed by atoms with Gasteiger partial charge in [-0.2, -0.15) is 0 Å². The number of nitrogens with zero attached hydrogens (tertiary/aromatic N) is 3. The summed E-state index contributed by atoms with van der Waals surface area (Å²) >= 11 is 0. The molecular weight excluding hydrogens is 334 g/mol. The number of hydrogen-bond acceptors (Lipinski definition) is 7. The molecule has 1 amide bonds. The number of methoxy groups -OCH3 is 1. The van der Waals surface area contributed by atoms with E-state index >= 15 is 0 Å². The molecule has 1 aromatic rings. The predicted molar refractivity (Wildman–Crippen MR) is 86.3 cm³/mol. The second-order valence-corrected chi connectivity index (χ2v) is 8.59. The van der Waals surface area contributed by atoms with Gasteiger partial charge >= 0.3 is 0 Å². The zero-order valence-corrected chi connectivity index (χ0v) is 14.8. The molecule has 24 heavy (non-hydrogen) atoms. The van der Waals surface area contributed by atoms with Gasteiger partial charge in [-0.3, -0.25) is 9.69 Å².